The van der Waals surface area contributed by atoms with Crippen molar-refractivity contribution in [3.63, 3.8) is 0 Å². The summed E-state index contributed by atoms with van der Waals surface area (Å²) in [5.41, 5.74) is 0.306. The maximum absolute atomic E-state index is 12.1. The molecule has 0 aliphatic carbocycles. The molecule has 8 nitrogen and oxygen atoms in total. The number of non-ortho nitro benzene ring substituents is 1. The van der Waals surface area contributed by atoms with E-state index in [-0.39, 0.29) is 11.3 Å². The van der Waals surface area contributed by atoms with Crippen molar-refractivity contribution >= 4 is 23.3 Å². The molecule has 2 N–H and O–H groups in total. The predicted octanol–water partition coefficient (Wildman–Crippen LogP) is 2.70. The molecule has 0 fully saturated rings. The van der Waals surface area contributed by atoms with Crippen molar-refractivity contribution < 1.29 is 24.4 Å². The smallest absolute Gasteiger partial charge is 0.335 e. The van der Waals surface area contributed by atoms with Gasteiger partial charge in [-0.1, -0.05) is 6.07 Å². The number of nitro benzene ring substituents is 1. The van der Waals surface area contributed by atoms with Crippen LogP contribution in [0.3, 0.4) is 0 Å². The Morgan fingerprint density at radius 2 is 1.88 bits per heavy atom. The third-order valence-electron chi connectivity index (χ3n) is 3.11. The minimum absolute atomic E-state index is 0.0525. The van der Waals surface area contributed by atoms with Crippen molar-refractivity contribution in [3.05, 3.63) is 64.2 Å². The average Bonchev–Trinajstić information content (AvgIpc) is 2.55. The topological polar surface area (TPSA) is 119 Å². The van der Waals surface area contributed by atoms with Gasteiger partial charge in [0.2, 0.25) is 0 Å². The van der Waals surface area contributed by atoms with E-state index in [1.807, 2.05) is 0 Å². The van der Waals surface area contributed by atoms with E-state index >= 15 is 0 Å². The Morgan fingerprint density at radius 1 is 1.21 bits per heavy atom. The summed E-state index contributed by atoms with van der Waals surface area (Å²) in [4.78, 5) is 33.0. The van der Waals surface area contributed by atoms with E-state index < -0.39 is 22.9 Å². The molecule has 0 saturated carbocycles. The van der Waals surface area contributed by atoms with Crippen molar-refractivity contribution in [2.75, 3.05) is 5.32 Å². The van der Waals surface area contributed by atoms with Crippen molar-refractivity contribution in [3.8, 4) is 5.75 Å². The number of rotatable bonds is 6. The summed E-state index contributed by atoms with van der Waals surface area (Å²) < 4.78 is 5.41. The SMILES string of the molecule is CC(Oc1ccc([N+](=O)[O-])cc1)C(=O)Nc1cccc(C(=O)O)c1. The first-order valence-electron chi connectivity index (χ1n) is 6.92. The lowest BCUT2D eigenvalue weighted by molar-refractivity contribution is -0.384. The number of carbonyl (C=O) groups excluding carboxylic acids is 1. The van der Waals surface area contributed by atoms with Crippen LogP contribution in [0.5, 0.6) is 5.75 Å². The van der Waals surface area contributed by atoms with Gasteiger partial charge in [0.25, 0.3) is 11.6 Å². The first kappa shape index (κ1) is 16.9. The molecule has 0 spiro atoms. The van der Waals surface area contributed by atoms with Gasteiger partial charge in [-0.05, 0) is 37.3 Å². The lowest BCUT2D eigenvalue weighted by Crippen LogP contribution is -2.30. The Bertz CT molecular complexity index is 772. The Hall–Kier alpha value is -3.42. The van der Waals surface area contributed by atoms with Gasteiger partial charge in [-0.2, -0.15) is 0 Å². The Morgan fingerprint density at radius 3 is 2.46 bits per heavy atom. The maximum Gasteiger partial charge on any atom is 0.335 e. The second kappa shape index (κ2) is 7.23. The molecule has 2 aromatic carbocycles. The van der Waals surface area contributed by atoms with Crippen LogP contribution in [0.4, 0.5) is 11.4 Å². The van der Waals surface area contributed by atoms with E-state index in [1.54, 1.807) is 6.07 Å². The number of nitrogens with one attached hydrogen (secondary N) is 1. The fourth-order valence-corrected chi connectivity index (χ4v) is 1.88. The van der Waals surface area contributed by atoms with Crippen molar-refractivity contribution in [1.29, 1.82) is 0 Å². The van der Waals surface area contributed by atoms with Crippen LogP contribution in [0.25, 0.3) is 0 Å². The summed E-state index contributed by atoms with van der Waals surface area (Å²) in [6, 6.07) is 11.2. The third-order valence-corrected chi connectivity index (χ3v) is 3.11. The zero-order chi connectivity index (χ0) is 17.7. The monoisotopic (exact) mass is 330 g/mol. The molecule has 1 amide bonds. The zero-order valence-electron chi connectivity index (χ0n) is 12.6. The zero-order valence-corrected chi connectivity index (χ0v) is 12.6. The molecule has 2 aromatic rings. The standard InChI is InChI=1S/C16H14N2O6/c1-10(24-14-7-5-13(6-8-14)18(22)23)15(19)17-12-4-2-3-11(9-12)16(20)21/h2-10H,1H3,(H,17,19)(H,20,21). The molecule has 0 aliphatic heterocycles. The van der Waals surface area contributed by atoms with Gasteiger partial charge in [0.15, 0.2) is 6.10 Å². The van der Waals surface area contributed by atoms with Crippen LogP contribution in [-0.4, -0.2) is 28.0 Å². The first-order chi connectivity index (χ1) is 11.4. The minimum Gasteiger partial charge on any atom is -0.481 e. The summed E-state index contributed by atoms with van der Waals surface area (Å²) in [5.74, 6) is -1.26. The molecular formula is C16H14N2O6. The molecular weight excluding hydrogens is 316 g/mol. The summed E-state index contributed by atoms with van der Waals surface area (Å²) in [6.07, 6.45) is -0.875. The number of amides is 1. The molecule has 0 heterocycles. The molecule has 24 heavy (non-hydrogen) atoms. The Balaban J connectivity index is 2.00. The van der Waals surface area contributed by atoms with Gasteiger partial charge in [0.05, 0.1) is 10.5 Å². The molecule has 0 aliphatic rings. The molecule has 1 atom stereocenters. The number of nitrogens with zero attached hydrogens (tertiary/aromatic N) is 1. The summed E-state index contributed by atoms with van der Waals surface area (Å²) in [7, 11) is 0. The largest absolute Gasteiger partial charge is 0.481 e. The van der Waals surface area contributed by atoms with Crippen LogP contribution in [0, 0.1) is 10.1 Å². The number of hydrogen-bond acceptors (Lipinski definition) is 5. The highest BCUT2D eigenvalue weighted by Gasteiger charge is 2.16. The number of carbonyl (C=O) groups is 2. The molecule has 0 radical (unpaired) electrons. The third kappa shape index (κ3) is 4.29. The second-order valence-corrected chi connectivity index (χ2v) is 4.89. The number of nitro groups is 1. The molecule has 2 rings (SSSR count). The van der Waals surface area contributed by atoms with Gasteiger partial charge in [0.1, 0.15) is 5.75 Å². The predicted molar refractivity (Wildman–Crippen MR) is 85.2 cm³/mol. The van der Waals surface area contributed by atoms with Crippen LogP contribution in [-0.2, 0) is 4.79 Å². The van der Waals surface area contributed by atoms with E-state index in [0.29, 0.717) is 11.4 Å². The highest BCUT2D eigenvalue weighted by Crippen LogP contribution is 2.19. The van der Waals surface area contributed by atoms with Gasteiger partial charge >= 0.3 is 5.97 Å². The van der Waals surface area contributed by atoms with Crippen molar-refractivity contribution in [2.45, 2.75) is 13.0 Å². The molecule has 8 heteroatoms. The number of carboxylic acids is 1. The summed E-state index contributed by atoms with van der Waals surface area (Å²) in [6.45, 7) is 1.51. The van der Waals surface area contributed by atoms with Crippen LogP contribution in [0.1, 0.15) is 17.3 Å². The maximum atomic E-state index is 12.1. The van der Waals surface area contributed by atoms with E-state index in [1.165, 1.54) is 49.4 Å². The highest BCUT2D eigenvalue weighted by atomic mass is 16.6. The molecule has 0 aromatic heterocycles. The average molecular weight is 330 g/mol. The number of carboxylic acid groups (broad SMARTS) is 1. The van der Waals surface area contributed by atoms with E-state index in [2.05, 4.69) is 5.32 Å². The van der Waals surface area contributed by atoms with Crippen LogP contribution in [0.15, 0.2) is 48.5 Å². The van der Waals surface area contributed by atoms with E-state index in [9.17, 15) is 19.7 Å². The Kier molecular flexibility index (Phi) is 5.10. The Labute approximate surface area is 136 Å². The van der Waals surface area contributed by atoms with Crippen LogP contribution < -0.4 is 10.1 Å². The van der Waals surface area contributed by atoms with Crippen molar-refractivity contribution in [1.82, 2.24) is 0 Å². The summed E-state index contributed by atoms with van der Waals surface area (Å²) >= 11 is 0. The first-order valence-corrected chi connectivity index (χ1v) is 6.92. The molecule has 0 bridgehead atoms. The molecule has 0 saturated heterocycles. The van der Waals surface area contributed by atoms with Crippen LogP contribution in [0.2, 0.25) is 0 Å². The number of benzene rings is 2. The fraction of sp³-hybridized carbons (Fsp3) is 0.125. The summed E-state index contributed by atoms with van der Waals surface area (Å²) in [5, 5.41) is 22.1. The number of aromatic carboxylic acids is 1. The van der Waals surface area contributed by atoms with Crippen LogP contribution >= 0.6 is 0 Å². The van der Waals surface area contributed by atoms with Gasteiger partial charge < -0.3 is 15.2 Å². The lowest BCUT2D eigenvalue weighted by atomic mass is 10.2. The molecule has 1 unspecified atom stereocenters. The van der Waals surface area contributed by atoms with Gasteiger partial charge in [-0.15, -0.1) is 0 Å². The van der Waals surface area contributed by atoms with E-state index in [4.69, 9.17) is 9.84 Å². The van der Waals surface area contributed by atoms with Gasteiger partial charge in [0, 0.05) is 17.8 Å². The van der Waals surface area contributed by atoms with E-state index in [0.717, 1.165) is 0 Å². The number of ether oxygens (including phenoxy) is 1. The lowest BCUT2D eigenvalue weighted by Gasteiger charge is -2.14. The number of anilines is 1. The minimum atomic E-state index is -1.10. The quantitative estimate of drug-likeness (QED) is 0.621. The fourth-order valence-electron chi connectivity index (χ4n) is 1.88. The number of hydrogen-bond donors (Lipinski definition) is 2. The second-order valence-electron chi connectivity index (χ2n) is 4.89. The normalized spacial score (nSPS) is 11.4. The van der Waals surface area contributed by atoms with Gasteiger partial charge in [-0.25, -0.2) is 4.79 Å². The highest BCUT2D eigenvalue weighted by molar-refractivity contribution is 5.96. The van der Waals surface area contributed by atoms with Gasteiger partial charge in [-0.3, -0.25) is 14.9 Å². The van der Waals surface area contributed by atoms with Crippen molar-refractivity contribution in [2.24, 2.45) is 0 Å². The molecule has 124 valence electrons.